The van der Waals surface area contributed by atoms with Crippen LogP contribution < -0.4 is 0 Å². The number of hydrogen-bond donors (Lipinski definition) is 0. The van der Waals surface area contributed by atoms with Crippen molar-refractivity contribution in [3.05, 3.63) is 71.5 Å². The molecule has 0 radical (unpaired) electrons. The van der Waals surface area contributed by atoms with Crippen molar-refractivity contribution in [3.63, 3.8) is 0 Å². The molecule has 0 fully saturated rings. The highest BCUT2D eigenvalue weighted by Crippen LogP contribution is 2.22. The summed E-state index contributed by atoms with van der Waals surface area (Å²) >= 11 is 1.59. The van der Waals surface area contributed by atoms with E-state index in [0.717, 1.165) is 20.9 Å². The van der Waals surface area contributed by atoms with E-state index in [-0.39, 0.29) is 5.91 Å². The maximum atomic E-state index is 12.6. The van der Waals surface area contributed by atoms with Gasteiger partial charge in [-0.3, -0.25) is 4.79 Å². The van der Waals surface area contributed by atoms with Crippen LogP contribution in [0, 0.1) is 0 Å². The molecule has 4 rings (SSSR count). The van der Waals surface area contributed by atoms with E-state index in [2.05, 4.69) is 15.2 Å². The molecule has 0 saturated carbocycles. The summed E-state index contributed by atoms with van der Waals surface area (Å²) in [6, 6.07) is 17.5. The van der Waals surface area contributed by atoms with E-state index in [4.69, 9.17) is 0 Å². The summed E-state index contributed by atoms with van der Waals surface area (Å²) in [5.74, 6) is -0.179. The fourth-order valence-corrected chi connectivity index (χ4v) is 3.53. The van der Waals surface area contributed by atoms with E-state index in [9.17, 15) is 4.79 Å². The van der Waals surface area contributed by atoms with Crippen molar-refractivity contribution in [3.8, 4) is 5.69 Å². The molecule has 0 N–H and O–H groups in total. The molecular weight excluding hydrogens is 334 g/mol. The van der Waals surface area contributed by atoms with Crippen LogP contribution in [0.5, 0.6) is 0 Å². The SMILES string of the molecule is CN(Cc1nc2ccccc2s1)C(=O)c1cnn(-c2ccccc2)n1. The number of rotatable bonds is 4. The van der Waals surface area contributed by atoms with Gasteiger partial charge in [-0.05, 0) is 24.3 Å². The standard InChI is InChI=1S/C18H15N5OS/c1-22(12-17-20-14-9-5-6-10-16(14)25-17)18(24)15-11-19-23(21-15)13-7-3-2-4-8-13/h2-11H,12H2,1H3. The molecule has 0 saturated heterocycles. The summed E-state index contributed by atoms with van der Waals surface area (Å²) in [7, 11) is 1.75. The van der Waals surface area contributed by atoms with Gasteiger partial charge in [0.05, 0.1) is 28.6 Å². The third-order valence-corrected chi connectivity index (χ3v) is 4.78. The lowest BCUT2D eigenvalue weighted by molar-refractivity contribution is 0.0778. The summed E-state index contributed by atoms with van der Waals surface area (Å²) in [4.78, 5) is 20.2. The van der Waals surface area contributed by atoms with E-state index < -0.39 is 0 Å². The van der Waals surface area contributed by atoms with Crippen LogP contribution in [0.2, 0.25) is 0 Å². The van der Waals surface area contributed by atoms with Crippen molar-refractivity contribution in [1.82, 2.24) is 24.9 Å². The minimum absolute atomic E-state index is 0.179. The van der Waals surface area contributed by atoms with Gasteiger partial charge < -0.3 is 4.90 Å². The van der Waals surface area contributed by atoms with Crippen LogP contribution in [0.25, 0.3) is 15.9 Å². The zero-order valence-electron chi connectivity index (χ0n) is 13.5. The number of carbonyl (C=O) groups excluding carboxylic acids is 1. The van der Waals surface area contributed by atoms with Gasteiger partial charge in [0.25, 0.3) is 5.91 Å². The molecule has 25 heavy (non-hydrogen) atoms. The number of benzene rings is 2. The summed E-state index contributed by atoms with van der Waals surface area (Å²) in [6.45, 7) is 0.441. The van der Waals surface area contributed by atoms with Gasteiger partial charge >= 0.3 is 0 Å². The summed E-state index contributed by atoms with van der Waals surface area (Å²) in [5.41, 5.74) is 2.08. The maximum absolute atomic E-state index is 12.6. The van der Waals surface area contributed by atoms with Crippen LogP contribution >= 0.6 is 11.3 Å². The van der Waals surface area contributed by atoms with Gasteiger partial charge in [-0.25, -0.2) is 4.98 Å². The number of aromatic nitrogens is 4. The smallest absolute Gasteiger partial charge is 0.276 e. The van der Waals surface area contributed by atoms with Crippen molar-refractivity contribution in [2.75, 3.05) is 7.05 Å². The number of para-hydroxylation sites is 2. The van der Waals surface area contributed by atoms with Crippen LogP contribution in [0.1, 0.15) is 15.5 Å². The van der Waals surface area contributed by atoms with Crippen LogP contribution in [0.3, 0.4) is 0 Å². The molecular formula is C18H15N5OS. The Labute approximate surface area is 148 Å². The monoisotopic (exact) mass is 349 g/mol. The van der Waals surface area contributed by atoms with Crippen molar-refractivity contribution in [2.24, 2.45) is 0 Å². The molecule has 4 aromatic rings. The van der Waals surface area contributed by atoms with E-state index in [1.54, 1.807) is 23.3 Å². The lowest BCUT2D eigenvalue weighted by Crippen LogP contribution is -2.26. The normalized spacial score (nSPS) is 10.9. The molecule has 6 nitrogen and oxygen atoms in total. The number of hydrogen-bond acceptors (Lipinski definition) is 5. The van der Waals surface area contributed by atoms with Crippen molar-refractivity contribution in [2.45, 2.75) is 6.54 Å². The van der Waals surface area contributed by atoms with Gasteiger partial charge in [0, 0.05) is 7.05 Å². The first kappa shape index (κ1) is 15.5. The summed E-state index contributed by atoms with van der Waals surface area (Å²) in [6.07, 6.45) is 1.49. The average molecular weight is 349 g/mol. The molecule has 0 aliphatic rings. The number of carbonyl (C=O) groups is 1. The second kappa shape index (κ2) is 6.45. The van der Waals surface area contributed by atoms with Gasteiger partial charge in [0.2, 0.25) is 0 Å². The van der Waals surface area contributed by atoms with Crippen molar-refractivity contribution in [1.29, 1.82) is 0 Å². The summed E-state index contributed by atoms with van der Waals surface area (Å²) in [5, 5.41) is 9.36. The number of amides is 1. The lowest BCUT2D eigenvalue weighted by atomic mass is 10.3. The third kappa shape index (κ3) is 3.14. The predicted molar refractivity (Wildman–Crippen MR) is 96.8 cm³/mol. The van der Waals surface area contributed by atoms with Gasteiger partial charge in [-0.2, -0.15) is 9.90 Å². The molecule has 7 heteroatoms. The lowest BCUT2D eigenvalue weighted by Gasteiger charge is -2.13. The highest BCUT2D eigenvalue weighted by atomic mass is 32.1. The molecule has 0 unspecified atom stereocenters. The third-order valence-electron chi connectivity index (χ3n) is 3.76. The number of nitrogens with zero attached hydrogens (tertiary/aromatic N) is 5. The van der Waals surface area contributed by atoms with E-state index in [1.165, 1.54) is 11.0 Å². The minimum Gasteiger partial charge on any atom is -0.333 e. The van der Waals surface area contributed by atoms with Crippen LogP contribution in [-0.2, 0) is 6.54 Å². The first-order valence-corrected chi connectivity index (χ1v) is 8.60. The zero-order chi connectivity index (χ0) is 17.2. The van der Waals surface area contributed by atoms with Crippen molar-refractivity contribution >= 4 is 27.5 Å². The first-order valence-electron chi connectivity index (χ1n) is 7.78. The molecule has 2 heterocycles. The van der Waals surface area contributed by atoms with Gasteiger partial charge in [-0.1, -0.05) is 30.3 Å². The van der Waals surface area contributed by atoms with E-state index in [1.807, 2.05) is 54.6 Å². The Kier molecular flexibility index (Phi) is 3.99. The molecule has 2 aromatic carbocycles. The van der Waals surface area contributed by atoms with E-state index in [0.29, 0.717) is 12.2 Å². The second-order valence-electron chi connectivity index (χ2n) is 5.59. The Morgan fingerprint density at radius 1 is 1.12 bits per heavy atom. The van der Waals surface area contributed by atoms with Gasteiger partial charge in [0.1, 0.15) is 5.01 Å². The Hall–Kier alpha value is -3.06. The van der Waals surface area contributed by atoms with E-state index >= 15 is 0 Å². The molecule has 0 atom stereocenters. The number of thiazole rings is 1. The Morgan fingerprint density at radius 2 is 1.88 bits per heavy atom. The fourth-order valence-electron chi connectivity index (χ4n) is 2.50. The second-order valence-corrected chi connectivity index (χ2v) is 6.71. The topological polar surface area (TPSA) is 63.9 Å². The largest absolute Gasteiger partial charge is 0.333 e. The first-order chi connectivity index (χ1) is 12.2. The molecule has 0 bridgehead atoms. The van der Waals surface area contributed by atoms with Crippen LogP contribution in [-0.4, -0.2) is 37.8 Å². The van der Waals surface area contributed by atoms with Crippen molar-refractivity contribution < 1.29 is 4.79 Å². The Morgan fingerprint density at radius 3 is 2.68 bits per heavy atom. The number of fused-ring (bicyclic) bond motifs is 1. The van der Waals surface area contributed by atoms with Crippen LogP contribution in [0.15, 0.2) is 60.8 Å². The van der Waals surface area contributed by atoms with Gasteiger partial charge in [0.15, 0.2) is 5.69 Å². The maximum Gasteiger partial charge on any atom is 0.276 e. The molecule has 1 amide bonds. The van der Waals surface area contributed by atoms with Crippen LogP contribution in [0.4, 0.5) is 0 Å². The molecule has 0 spiro atoms. The Balaban J connectivity index is 1.51. The Bertz CT molecular complexity index is 991. The fraction of sp³-hybridized carbons (Fsp3) is 0.111. The zero-order valence-corrected chi connectivity index (χ0v) is 14.3. The molecule has 2 aromatic heterocycles. The molecule has 0 aliphatic heterocycles. The van der Waals surface area contributed by atoms with Gasteiger partial charge in [-0.15, -0.1) is 16.4 Å². The highest BCUT2D eigenvalue weighted by molar-refractivity contribution is 7.18. The molecule has 0 aliphatic carbocycles. The highest BCUT2D eigenvalue weighted by Gasteiger charge is 2.18. The minimum atomic E-state index is -0.179. The molecule has 124 valence electrons. The predicted octanol–water partition coefficient (Wildman–Crippen LogP) is 3.15. The summed E-state index contributed by atoms with van der Waals surface area (Å²) < 4.78 is 1.12. The quantitative estimate of drug-likeness (QED) is 0.568. The average Bonchev–Trinajstić information content (AvgIpc) is 3.28.